The summed E-state index contributed by atoms with van der Waals surface area (Å²) in [5.41, 5.74) is 1.32. The SMILES string of the molecule is COc1cccc(CNC(=O)c2cc(N3CCOCC3)ncn2)c1. The third-order valence-electron chi connectivity index (χ3n) is 3.81. The number of rotatable bonds is 5. The summed E-state index contributed by atoms with van der Waals surface area (Å²) in [6.07, 6.45) is 1.42. The summed E-state index contributed by atoms with van der Waals surface area (Å²) < 4.78 is 10.5. The molecule has 1 aromatic heterocycles. The van der Waals surface area contributed by atoms with E-state index in [2.05, 4.69) is 20.2 Å². The molecule has 0 saturated carbocycles. The van der Waals surface area contributed by atoms with Gasteiger partial charge in [-0.25, -0.2) is 9.97 Å². The summed E-state index contributed by atoms with van der Waals surface area (Å²) >= 11 is 0. The highest BCUT2D eigenvalue weighted by Crippen LogP contribution is 2.14. The third kappa shape index (κ3) is 3.99. The fourth-order valence-corrected chi connectivity index (χ4v) is 2.49. The molecule has 0 atom stereocenters. The Kier molecular flexibility index (Phi) is 5.22. The van der Waals surface area contributed by atoms with E-state index in [4.69, 9.17) is 9.47 Å². The average molecular weight is 328 g/mol. The van der Waals surface area contributed by atoms with Crippen molar-refractivity contribution in [1.29, 1.82) is 0 Å². The maximum Gasteiger partial charge on any atom is 0.270 e. The molecule has 1 aromatic carbocycles. The number of methoxy groups -OCH3 is 1. The van der Waals surface area contributed by atoms with Gasteiger partial charge in [0.25, 0.3) is 5.91 Å². The summed E-state index contributed by atoms with van der Waals surface area (Å²) in [6.45, 7) is 3.28. The topological polar surface area (TPSA) is 76.6 Å². The number of carbonyl (C=O) groups excluding carboxylic acids is 1. The molecule has 1 fully saturated rings. The Labute approximate surface area is 140 Å². The molecule has 2 heterocycles. The van der Waals surface area contributed by atoms with Crippen LogP contribution in [0.25, 0.3) is 0 Å². The molecular weight excluding hydrogens is 308 g/mol. The summed E-state index contributed by atoms with van der Waals surface area (Å²) in [4.78, 5) is 22.7. The first-order valence-corrected chi connectivity index (χ1v) is 7.82. The van der Waals surface area contributed by atoms with Crippen molar-refractivity contribution in [1.82, 2.24) is 15.3 Å². The number of amides is 1. The number of hydrogen-bond acceptors (Lipinski definition) is 6. The smallest absolute Gasteiger partial charge is 0.270 e. The molecule has 0 bridgehead atoms. The second-order valence-electron chi connectivity index (χ2n) is 5.40. The summed E-state index contributed by atoms with van der Waals surface area (Å²) in [7, 11) is 1.62. The van der Waals surface area contributed by atoms with Gasteiger partial charge in [0.15, 0.2) is 0 Å². The van der Waals surface area contributed by atoms with E-state index in [1.807, 2.05) is 24.3 Å². The summed E-state index contributed by atoms with van der Waals surface area (Å²) in [5.74, 6) is 1.29. The maximum absolute atomic E-state index is 12.3. The third-order valence-corrected chi connectivity index (χ3v) is 3.81. The van der Waals surface area contributed by atoms with Crippen molar-refractivity contribution in [2.24, 2.45) is 0 Å². The lowest BCUT2D eigenvalue weighted by atomic mass is 10.2. The first-order chi connectivity index (χ1) is 11.8. The zero-order valence-electron chi connectivity index (χ0n) is 13.6. The number of hydrogen-bond donors (Lipinski definition) is 1. The number of nitrogens with one attached hydrogen (secondary N) is 1. The molecule has 1 amide bonds. The first kappa shape index (κ1) is 16.2. The molecule has 1 aliphatic heterocycles. The molecule has 126 valence electrons. The molecule has 0 aliphatic carbocycles. The quantitative estimate of drug-likeness (QED) is 0.890. The molecular formula is C17H20N4O3. The number of benzene rings is 1. The second kappa shape index (κ2) is 7.74. The van der Waals surface area contributed by atoms with Crippen LogP contribution in [0.3, 0.4) is 0 Å². The molecule has 7 nitrogen and oxygen atoms in total. The van der Waals surface area contributed by atoms with Crippen LogP contribution in [0.5, 0.6) is 5.75 Å². The Morgan fingerprint density at radius 3 is 2.92 bits per heavy atom. The lowest BCUT2D eigenvalue weighted by Gasteiger charge is -2.27. The predicted octanol–water partition coefficient (Wildman–Crippen LogP) is 1.25. The van der Waals surface area contributed by atoms with Crippen molar-refractivity contribution in [3.8, 4) is 5.75 Å². The Balaban J connectivity index is 1.64. The van der Waals surface area contributed by atoms with Crippen molar-refractivity contribution in [3.05, 3.63) is 47.9 Å². The van der Waals surface area contributed by atoms with Crippen LogP contribution in [-0.2, 0) is 11.3 Å². The molecule has 7 heteroatoms. The summed E-state index contributed by atoms with van der Waals surface area (Å²) in [5, 5.41) is 2.87. The monoisotopic (exact) mass is 328 g/mol. The highest BCUT2D eigenvalue weighted by atomic mass is 16.5. The van der Waals surface area contributed by atoms with Gasteiger partial charge in [0.1, 0.15) is 23.6 Å². The Morgan fingerprint density at radius 2 is 2.12 bits per heavy atom. The van der Waals surface area contributed by atoms with Crippen molar-refractivity contribution in [2.75, 3.05) is 38.3 Å². The minimum atomic E-state index is -0.227. The number of nitrogens with zero attached hydrogens (tertiary/aromatic N) is 3. The molecule has 2 aromatic rings. The van der Waals surface area contributed by atoms with E-state index < -0.39 is 0 Å². The van der Waals surface area contributed by atoms with Crippen LogP contribution in [0, 0.1) is 0 Å². The van der Waals surface area contributed by atoms with E-state index in [0.29, 0.717) is 25.5 Å². The summed E-state index contributed by atoms with van der Waals surface area (Å²) in [6, 6.07) is 9.29. The van der Waals surface area contributed by atoms with Gasteiger partial charge in [-0.1, -0.05) is 12.1 Å². The van der Waals surface area contributed by atoms with Crippen LogP contribution in [0.15, 0.2) is 36.7 Å². The van der Waals surface area contributed by atoms with E-state index in [1.54, 1.807) is 13.2 Å². The Morgan fingerprint density at radius 1 is 1.29 bits per heavy atom. The van der Waals surface area contributed by atoms with Gasteiger partial charge >= 0.3 is 0 Å². The number of aromatic nitrogens is 2. The standard InChI is InChI=1S/C17H20N4O3/c1-23-14-4-2-3-13(9-14)11-18-17(22)15-10-16(20-12-19-15)21-5-7-24-8-6-21/h2-4,9-10,12H,5-8,11H2,1H3,(H,18,22). The van der Waals surface area contributed by atoms with Crippen LogP contribution in [0.4, 0.5) is 5.82 Å². The average Bonchev–Trinajstić information content (AvgIpc) is 2.67. The fraction of sp³-hybridized carbons (Fsp3) is 0.353. The van der Waals surface area contributed by atoms with Crippen LogP contribution in [0.2, 0.25) is 0 Å². The van der Waals surface area contributed by atoms with Gasteiger partial charge in [0.2, 0.25) is 0 Å². The lowest BCUT2D eigenvalue weighted by molar-refractivity contribution is 0.0945. The van der Waals surface area contributed by atoms with E-state index in [-0.39, 0.29) is 5.91 Å². The Bertz CT molecular complexity index is 702. The van der Waals surface area contributed by atoms with Crippen LogP contribution >= 0.6 is 0 Å². The number of ether oxygens (including phenoxy) is 2. The van der Waals surface area contributed by atoms with Crippen LogP contribution in [-0.4, -0.2) is 49.3 Å². The van der Waals surface area contributed by atoms with Crippen LogP contribution < -0.4 is 15.0 Å². The van der Waals surface area contributed by atoms with Gasteiger partial charge in [-0.3, -0.25) is 4.79 Å². The van der Waals surface area contributed by atoms with Gasteiger partial charge in [0.05, 0.1) is 20.3 Å². The Hall–Kier alpha value is -2.67. The van der Waals surface area contributed by atoms with E-state index in [1.165, 1.54) is 6.33 Å². The normalized spacial score (nSPS) is 14.3. The largest absolute Gasteiger partial charge is 0.497 e. The zero-order chi connectivity index (χ0) is 16.8. The number of anilines is 1. The molecule has 0 radical (unpaired) electrons. The van der Waals surface area contributed by atoms with Crippen molar-refractivity contribution in [2.45, 2.75) is 6.54 Å². The number of morpholine rings is 1. The molecule has 1 N–H and O–H groups in total. The minimum absolute atomic E-state index is 0.227. The zero-order valence-corrected chi connectivity index (χ0v) is 13.6. The molecule has 0 spiro atoms. The minimum Gasteiger partial charge on any atom is -0.497 e. The molecule has 1 aliphatic rings. The molecule has 1 saturated heterocycles. The van der Waals surface area contributed by atoms with Gasteiger partial charge in [0, 0.05) is 25.7 Å². The van der Waals surface area contributed by atoms with E-state index >= 15 is 0 Å². The predicted molar refractivity (Wildman–Crippen MR) is 89.2 cm³/mol. The van der Waals surface area contributed by atoms with E-state index in [0.717, 1.165) is 30.2 Å². The van der Waals surface area contributed by atoms with Crippen LogP contribution in [0.1, 0.15) is 16.1 Å². The van der Waals surface area contributed by atoms with Crippen molar-refractivity contribution in [3.63, 3.8) is 0 Å². The molecule has 0 unspecified atom stereocenters. The van der Waals surface area contributed by atoms with E-state index in [9.17, 15) is 4.79 Å². The molecule has 24 heavy (non-hydrogen) atoms. The van der Waals surface area contributed by atoms with Gasteiger partial charge in [-0.15, -0.1) is 0 Å². The first-order valence-electron chi connectivity index (χ1n) is 7.82. The molecule has 3 rings (SSSR count). The number of carbonyl (C=O) groups is 1. The van der Waals surface area contributed by atoms with Gasteiger partial charge < -0.3 is 19.7 Å². The highest BCUT2D eigenvalue weighted by molar-refractivity contribution is 5.92. The van der Waals surface area contributed by atoms with Gasteiger partial charge in [-0.05, 0) is 17.7 Å². The van der Waals surface area contributed by atoms with Crippen molar-refractivity contribution >= 4 is 11.7 Å². The highest BCUT2D eigenvalue weighted by Gasteiger charge is 2.15. The van der Waals surface area contributed by atoms with Gasteiger partial charge in [-0.2, -0.15) is 0 Å². The maximum atomic E-state index is 12.3. The second-order valence-corrected chi connectivity index (χ2v) is 5.40. The lowest BCUT2D eigenvalue weighted by Crippen LogP contribution is -2.37. The van der Waals surface area contributed by atoms with Crippen molar-refractivity contribution < 1.29 is 14.3 Å². The fourth-order valence-electron chi connectivity index (χ4n) is 2.49.